The molecule has 0 amide bonds. The summed E-state index contributed by atoms with van der Waals surface area (Å²) in [5.74, 6) is 0. The summed E-state index contributed by atoms with van der Waals surface area (Å²) in [6, 6.07) is 6.40. The molecule has 4 nitrogen and oxygen atoms in total. The molecule has 0 fully saturated rings. The molecule has 0 bridgehead atoms. The van der Waals surface area contributed by atoms with Crippen LogP contribution < -0.4 is 0 Å². The van der Waals surface area contributed by atoms with Crippen molar-refractivity contribution in [3.05, 3.63) is 29.8 Å². The zero-order chi connectivity index (χ0) is 14.0. The summed E-state index contributed by atoms with van der Waals surface area (Å²) in [6.45, 7) is 7.10. The maximum atomic E-state index is 11.8. The molecule has 0 spiro atoms. The molecule has 0 radical (unpaired) electrons. The van der Waals surface area contributed by atoms with E-state index in [9.17, 15) is 13.5 Å². The van der Waals surface area contributed by atoms with Gasteiger partial charge in [0, 0.05) is 0 Å². The molecule has 1 atom stereocenters. The number of hydrogen-bond acceptors (Lipinski definition) is 4. The number of aryl methyl sites for hydroxylation is 1. The Bertz CT molecular complexity index is 483. The zero-order valence-electron chi connectivity index (χ0n) is 11.2. The van der Waals surface area contributed by atoms with E-state index in [1.807, 2.05) is 27.7 Å². The van der Waals surface area contributed by atoms with Crippen LogP contribution in [0.1, 0.15) is 26.3 Å². The molecule has 0 saturated carbocycles. The highest BCUT2D eigenvalue weighted by Crippen LogP contribution is 2.21. The highest BCUT2D eigenvalue weighted by Gasteiger charge is 2.25. The molecule has 1 aromatic carbocycles. The molecular weight excluding hydrogens is 252 g/mol. The fourth-order valence-electron chi connectivity index (χ4n) is 1.18. The minimum absolute atomic E-state index is 0.106. The molecule has 102 valence electrons. The highest BCUT2D eigenvalue weighted by atomic mass is 32.2. The normalized spacial score (nSPS) is 14.5. The van der Waals surface area contributed by atoms with Crippen molar-refractivity contribution < 1.29 is 17.7 Å². The van der Waals surface area contributed by atoms with Crippen LogP contribution in [0.4, 0.5) is 0 Å². The number of rotatable bonds is 4. The van der Waals surface area contributed by atoms with Gasteiger partial charge in [0.15, 0.2) is 0 Å². The third kappa shape index (κ3) is 4.08. The lowest BCUT2D eigenvalue weighted by molar-refractivity contribution is 0.0238. The predicted molar refractivity (Wildman–Crippen MR) is 69.8 cm³/mol. The number of aliphatic hydroxyl groups is 1. The van der Waals surface area contributed by atoms with Crippen molar-refractivity contribution in [3.8, 4) is 0 Å². The maximum Gasteiger partial charge on any atom is 0.297 e. The largest absolute Gasteiger partial charge is 0.390 e. The van der Waals surface area contributed by atoms with E-state index >= 15 is 0 Å². The van der Waals surface area contributed by atoms with Crippen LogP contribution in [0, 0.1) is 12.3 Å². The topological polar surface area (TPSA) is 63.6 Å². The average Bonchev–Trinajstić information content (AvgIpc) is 2.25. The second kappa shape index (κ2) is 5.38. The lowest BCUT2D eigenvalue weighted by atomic mass is 9.90. The molecule has 1 N–H and O–H groups in total. The highest BCUT2D eigenvalue weighted by molar-refractivity contribution is 7.86. The van der Waals surface area contributed by atoms with E-state index in [1.54, 1.807) is 12.1 Å². The Balaban J connectivity index is 2.75. The van der Waals surface area contributed by atoms with Crippen LogP contribution in [0.15, 0.2) is 29.2 Å². The molecule has 0 unspecified atom stereocenters. The van der Waals surface area contributed by atoms with Crippen molar-refractivity contribution in [2.75, 3.05) is 6.61 Å². The van der Waals surface area contributed by atoms with Crippen LogP contribution in [0.5, 0.6) is 0 Å². The minimum atomic E-state index is -3.79. The third-order valence-corrected chi connectivity index (χ3v) is 3.99. The Morgan fingerprint density at radius 2 is 1.72 bits per heavy atom. The molecule has 5 heteroatoms. The predicted octanol–water partition coefficient (Wildman–Crippen LogP) is 2.11. The van der Waals surface area contributed by atoms with Crippen molar-refractivity contribution in [1.82, 2.24) is 0 Å². The summed E-state index contributed by atoms with van der Waals surface area (Å²) >= 11 is 0. The van der Waals surface area contributed by atoms with Crippen LogP contribution >= 0.6 is 0 Å². The first-order valence-electron chi connectivity index (χ1n) is 5.77. The molecule has 0 heterocycles. The van der Waals surface area contributed by atoms with Crippen LogP contribution in [0.2, 0.25) is 0 Å². The van der Waals surface area contributed by atoms with Crippen LogP contribution in [-0.4, -0.2) is 26.2 Å². The monoisotopic (exact) mass is 272 g/mol. The second-order valence-electron chi connectivity index (χ2n) is 5.43. The van der Waals surface area contributed by atoms with Crippen molar-refractivity contribution in [3.63, 3.8) is 0 Å². The maximum absolute atomic E-state index is 11.8. The van der Waals surface area contributed by atoms with Crippen molar-refractivity contribution in [2.24, 2.45) is 5.41 Å². The van der Waals surface area contributed by atoms with Crippen molar-refractivity contribution >= 4 is 10.1 Å². The summed E-state index contributed by atoms with van der Waals surface area (Å²) in [4.78, 5) is 0.106. The van der Waals surface area contributed by atoms with Gasteiger partial charge >= 0.3 is 0 Å². The Morgan fingerprint density at radius 3 is 2.17 bits per heavy atom. The second-order valence-corrected chi connectivity index (χ2v) is 7.05. The molecular formula is C13H20O4S. The molecule has 0 aromatic heterocycles. The first kappa shape index (κ1) is 15.1. The van der Waals surface area contributed by atoms with Crippen LogP contribution in [0.25, 0.3) is 0 Å². The van der Waals surface area contributed by atoms with Crippen molar-refractivity contribution in [2.45, 2.75) is 38.7 Å². The van der Waals surface area contributed by atoms with Crippen LogP contribution in [-0.2, 0) is 14.3 Å². The average molecular weight is 272 g/mol. The van der Waals surface area contributed by atoms with E-state index in [2.05, 4.69) is 0 Å². The van der Waals surface area contributed by atoms with Gasteiger partial charge in [-0.1, -0.05) is 38.5 Å². The molecule has 0 aliphatic rings. The summed E-state index contributed by atoms with van der Waals surface area (Å²) in [6.07, 6.45) is -0.835. The number of aliphatic hydroxyl groups excluding tert-OH is 1. The van der Waals surface area contributed by atoms with E-state index < -0.39 is 21.6 Å². The minimum Gasteiger partial charge on any atom is -0.390 e. The zero-order valence-corrected chi connectivity index (χ0v) is 12.0. The van der Waals surface area contributed by atoms with Crippen LogP contribution in [0.3, 0.4) is 0 Å². The van der Waals surface area contributed by atoms with Gasteiger partial charge in [-0.25, -0.2) is 0 Å². The van der Waals surface area contributed by atoms with Gasteiger partial charge in [0.05, 0.1) is 17.6 Å². The summed E-state index contributed by atoms with van der Waals surface area (Å²) in [7, 11) is -3.79. The standard InChI is InChI=1S/C13H20O4S/c1-10-5-7-11(8-6-10)18(15,16)17-9-12(14)13(2,3)4/h5-8,12,14H,9H2,1-4H3/t12-/m0/s1. The Hall–Kier alpha value is -0.910. The number of benzene rings is 1. The Morgan fingerprint density at radius 1 is 1.22 bits per heavy atom. The summed E-state index contributed by atoms with van der Waals surface area (Å²) in [5, 5.41) is 9.75. The fraction of sp³-hybridized carbons (Fsp3) is 0.538. The molecule has 18 heavy (non-hydrogen) atoms. The summed E-state index contributed by atoms with van der Waals surface area (Å²) < 4.78 is 28.5. The van der Waals surface area contributed by atoms with Gasteiger partial charge in [0.2, 0.25) is 0 Å². The number of hydrogen-bond donors (Lipinski definition) is 1. The molecule has 1 aromatic rings. The third-order valence-electron chi connectivity index (χ3n) is 2.69. The van der Waals surface area contributed by atoms with Gasteiger partial charge in [-0.3, -0.25) is 4.18 Å². The first-order valence-corrected chi connectivity index (χ1v) is 7.18. The van der Waals surface area contributed by atoms with Gasteiger partial charge in [-0.15, -0.1) is 0 Å². The van der Waals surface area contributed by atoms with Gasteiger partial charge in [0.1, 0.15) is 0 Å². The first-order chi connectivity index (χ1) is 8.13. The van der Waals surface area contributed by atoms with Gasteiger partial charge in [-0.2, -0.15) is 8.42 Å². The van der Waals surface area contributed by atoms with E-state index in [0.29, 0.717) is 0 Å². The molecule has 0 saturated heterocycles. The van der Waals surface area contributed by atoms with E-state index in [-0.39, 0.29) is 11.5 Å². The van der Waals surface area contributed by atoms with E-state index in [1.165, 1.54) is 12.1 Å². The summed E-state index contributed by atoms with van der Waals surface area (Å²) in [5.41, 5.74) is 0.562. The quantitative estimate of drug-likeness (QED) is 0.853. The van der Waals surface area contributed by atoms with Gasteiger partial charge in [-0.05, 0) is 24.5 Å². The Kier molecular flexibility index (Phi) is 4.53. The molecule has 0 aliphatic heterocycles. The van der Waals surface area contributed by atoms with E-state index in [4.69, 9.17) is 4.18 Å². The van der Waals surface area contributed by atoms with Gasteiger partial charge in [0.25, 0.3) is 10.1 Å². The molecule has 1 rings (SSSR count). The smallest absolute Gasteiger partial charge is 0.297 e. The Labute approximate surface area is 109 Å². The fourth-order valence-corrected chi connectivity index (χ4v) is 2.09. The van der Waals surface area contributed by atoms with Gasteiger partial charge < -0.3 is 5.11 Å². The lowest BCUT2D eigenvalue weighted by Crippen LogP contribution is -2.31. The SMILES string of the molecule is Cc1ccc(S(=O)(=O)OC[C@H](O)C(C)(C)C)cc1. The molecule has 0 aliphatic carbocycles. The van der Waals surface area contributed by atoms with E-state index in [0.717, 1.165) is 5.56 Å². The lowest BCUT2D eigenvalue weighted by Gasteiger charge is -2.25. The van der Waals surface area contributed by atoms with Crippen molar-refractivity contribution in [1.29, 1.82) is 0 Å².